The molecule has 1 saturated heterocycles. The van der Waals surface area contributed by atoms with Gasteiger partial charge in [-0.05, 0) is 31.0 Å². The zero-order valence-corrected chi connectivity index (χ0v) is 13.1. The zero-order valence-electron chi connectivity index (χ0n) is 12.4. The largest absolute Gasteiger partial charge is 0.379 e. The van der Waals surface area contributed by atoms with Crippen LogP contribution in [-0.2, 0) is 4.74 Å². The maximum atomic E-state index is 5.95. The van der Waals surface area contributed by atoms with Crippen molar-refractivity contribution in [2.24, 2.45) is 0 Å². The number of morpholine rings is 1. The highest BCUT2D eigenvalue weighted by Crippen LogP contribution is 2.42. The summed E-state index contributed by atoms with van der Waals surface area (Å²) < 4.78 is 5.45. The van der Waals surface area contributed by atoms with Crippen LogP contribution < -0.4 is 5.32 Å². The van der Waals surface area contributed by atoms with Crippen LogP contribution in [0.3, 0.4) is 0 Å². The van der Waals surface area contributed by atoms with E-state index in [2.05, 4.69) is 20.2 Å². The maximum Gasteiger partial charge on any atom is 0.161 e. The van der Waals surface area contributed by atoms with E-state index in [0.717, 1.165) is 49.7 Å². The molecule has 5 nitrogen and oxygen atoms in total. The molecule has 1 N–H and O–H groups in total. The molecule has 1 aliphatic carbocycles. The average Bonchev–Trinajstić information content (AvgIpc) is 3.35. The van der Waals surface area contributed by atoms with E-state index in [-0.39, 0.29) is 0 Å². The molecule has 116 valence electrons. The lowest BCUT2D eigenvalue weighted by Crippen LogP contribution is -2.48. The number of nitrogens with zero attached hydrogens (tertiary/aromatic N) is 3. The van der Waals surface area contributed by atoms with Gasteiger partial charge in [-0.15, -0.1) is 0 Å². The van der Waals surface area contributed by atoms with Gasteiger partial charge in [-0.2, -0.15) is 0 Å². The van der Waals surface area contributed by atoms with Crippen LogP contribution in [0.5, 0.6) is 0 Å². The lowest BCUT2D eigenvalue weighted by Gasteiger charge is -2.35. The number of halogens is 1. The SMILES string of the molecule is Clc1cnc2nc(NCC3(N4CCOCC4)CC3)ccc2c1. The van der Waals surface area contributed by atoms with Crippen molar-refractivity contribution in [3.05, 3.63) is 29.4 Å². The summed E-state index contributed by atoms with van der Waals surface area (Å²) in [6.45, 7) is 4.69. The molecule has 0 amide bonds. The van der Waals surface area contributed by atoms with Crippen molar-refractivity contribution in [2.75, 3.05) is 38.2 Å². The van der Waals surface area contributed by atoms with Gasteiger partial charge in [-0.3, -0.25) is 4.90 Å². The van der Waals surface area contributed by atoms with Crippen LogP contribution in [0.2, 0.25) is 5.02 Å². The van der Waals surface area contributed by atoms with Crippen molar-refractivity contribution in [1.82, 2.24) is 14.9 Å². The van der Waals surface area contributed by atoms with E-state index in [1.54, 1.807) is 6.20 Å². The highest BCUT2D eigenvalue weighted by molar-refractivity contribution is 6.31. The van der Waals surface area contributed by atoms with E-state index in [9.17, 15) is 0 Å². The fraction of sp³-hybridized carbons (Fsp3) is 0.500. The number of aromatic nitrogens is 2. The summed E-state index contributed by atoms with van der Waals surface area (Å²) in [4.78, 5) is 11.4. The Kier molecular flexibility index (Phi) is 3.64. The molecular formula is C16H19ClN4O. The van der Waals surface area contributed by atoms with Gasteiger partial charge in [0.25, 0.3) is 0 Å². The van der Waals surface area contributed by atoms with Gasteiger partial charge >= 0.3 is 0 Å². The Morgan fingerprint density at radius 1 is 1.27 bits per heavy atom. The van der Waals surface area contributed by atoms with E-state index >= 15 is 0 Å². The highest BCUT2D eigenvalue weighted by atomic mass is 35.5. The molecule has 0 bridgehead atoms. The van der Waals surface area contributed by atoms with Gasteiger partial charge in [0, 0.05) is 36.8 Å². The molecule has 0 spiro atoms. The predicted molar refractivity (Wildman–Crippen MR) is 87.4 cm³/mol. The van der Waals surface area contributed by atoms with Gasteiger partial charge in [0.05, 0.1) is 18.2 Å². The number of nitrogens with one attached hydrogen (secondary N) is 1. The first-order chi connectivity index (χ1) is 10.8. The molecule has 0 aromatic carbocycles. The summed E-state index contributed by atoms with van der Waals surface area (Å²) in [6, 6.07) is 5.89. The molecule has 3 heterocycles. The lowest BCUT2D eigenvalue weighted by atomic mass is 10.2. The second kappa shape index (κ2) is 5.65. The van der Waals surface area contributed by atoms with Gasteiger partial charge in [0.15, 0.2) is 5.65 Å². The third-order valence-electron chi connectivity index (χ3n) is 4.62. The first-order valence-electron chi connectivity index (χ1n) is 7.74. The van der Waals surface area contributed by atoms with Crippen molar-refractivity contribution in [3.63, 3.8) is 0 Å². The molecule has 2 aromatic heterocycles. The highest BCUT2D eigenvalue weighted by Gasteiger charge is 2.47. The molecule has 1 saturated carbocycles. The minimum Gasteiger partial charge on any atom is -0.379 e. The van der Waals surface area contributed by atoms with Crippen molar-refractivity contribution in [1.29, 1.82) is 0 Å². The summed E-state index contributed by atoms with van der Waals surface area (Å²) in [6.07, 6.45) is 4.14. The monoisotopic (exact) mass is 318 g/mol. The number of pyridine rings is 2. The molecule has 2 aliphatic rings. The minimum absolute atomic E-state index is 0.299. The third-order valence-corrected chi connectivity index (χ3v) is 4.82. The van der Waals surface area contributed by atoms with Gasteiger partial charge in [0.1, 0.15) is 5.82 Å². The van der Waals surface area contributed by atoms with E-state index in [0.29, 0.717) is 10.6 Å². The minimum atomic E-state index is 0.299. The summed E-state index contributed by atoms with van der Waals surface area (Å²) in [5.41, 5.74) is 1.03. The molecule has 22 heavy (non-hydrogen) atoms. The Labute approximate surface area is 134 Å². The van der Waals surface area contributed by atoms with E-state index in [1.807, 2.05) is 18.2 Å². The Bertz CT molecular complexity index is 683. The van der Waals surface area contributed by atoms with Crippen molar-refractivity contribution >= 4 is 28.5 Å². The van der Waals surface area contributed by atoms with Crippen LogP contribution in [0.1, 0.15) is 12.8 Å². The molecular weight excluding hydrogens is 300 g/mol. The van der Waals surface area contributed by atoms with Gasteiger partial charge < -0.3 is 10.1 Å². The number of rotatable bonds is 4. The van der Waals surface area contributed by atoms with E-state index in [1.165, 1.54) is 12.8 Å². The molecule has 6 heteroatoms. The number of hydrogen-bond donors (Lipinski definition) is 1. The van der Waals surface area contributed by atoms with Crippen LogP contribution in [0, 0.1) is 0 Å². The fourth-order valence-corrected chi connectivity index (χ4v) is 3.29. The maximum absolute atomic E-state index is 5.95. The summed E-state index contributed by atoms with van der Waals surface area (Å²) >= 11 is 5.95. The number of anilines is 1. The van der Waals surface area contributed by atoms with Gasteiger partial charge in [-0.25, -0.2) is 9.97 Å². The Morgan fingerprint density at radius 3 is 2.86 bits per heavy atom. The van der Waals surface area contributed by atoms with Crippen molar-refractivity contribution in [3.8, 4) is 0 Å². The Morgan fingerprint density at radius 2 is 2.09 bits per heavy atom. The average molecular weight is 319 g/mol. The Balaban J connectivity index is 1.46. The van der Waals surface area contributed by atoms with Crippen LogP contribution in [0.15, 0.2) is 24.4 Å². The quantitative estimate of drug-likeness (QED) is 0.939. The molecule has 0 atom stereocenters. The second-order valence-corrected chi connectivity index (χ2v) is 6.51. The van der Waals surface area contributed by atoms with Crippen molar-refractivity contribution in [2.45, 2.75) is 18.4 Å². The predicted octanol–water partition coefficient (Wildman–Crippen LogP) is 2.56. The van der Waals surface area contributed by atoms with Crippen LogP contribution >= 0.6 is 11.6 Å². The second-order valence-electron chi connectivity index (χ2n) is 6.07. The van der Waals surface area contributed by atoms with Crippen LogP contribution in [0.4, 0.5) is 5.82 Å². The first kappa shape index (κ1) is 14.2. The smallest absolute Gasteiger partial charge is 0.161 e. The zero-order chi connectivity index (χ0) is 15.0. The molecule has 0 unspecified atom stereocenters. The number of fused-ring (bicyclic) bond motifs is 1. The molecule has 4 rings (SSSR count). The lowest BCUT2D eigenvalue weighted by molar-refractivity contribution is 0.0125. The van der Waals surface area contributed by atoms with Gasteiger partial charge in [0.2, 0.25) is 0 Å². The summed E-state index contributed by atoms with van der Waals surface area (Å²) in [5.74, 6) is 0.877. The summed E-state index contributed by atoms with van der Waals surface area (Å²) in [5, 5.41) is 5.09. The van der Waals surface area contributed by atoms with E-state index in [4.69, 9.17) is 16.3 Å². The van der Waals surface area contributed by atoms with Crippen LogP contribution in [-0.4, -0.2) is 53.3 Å². The molecule has 2 aromatic rings. The first-order valence-corrected chi connectivity index (χ1v) is 8.12. The summed E-state index contributed by atoms with van der Waals surface area (Å²) in [7, 11) is 0. The molecule has 2 fully saturated rings. The fourth-order valence-electron chi connectivity index (χ4n) is 3.12. The molecule has 1 aliphatic heterocycles. The standard InChI is InChI=1S/C16H19ClN4O/c17-13-9-12-1-2-14(20-15(12)18-10-13)19-11-16(3-4-16)21-5-7-22-8-6-21/h1-2,9-10H,3-8,11H2,(H,18,19,20). The van der Waals surface area contributed by atoms with Crippen molar-refractivity contribution < 1.29 is 4.74 Å². The third kappa shape index (κ3) is 2.76. The number of ether oxygens (including phenoxy) is 1. The van der Waals surface area contributed by atoms with E-state index < -0.39 is 0 Å². The van der Waals surface area contributed by atoms with Crippen LogP contribution in [0.25, 0.3) is 11.0 Å². The molecule has 0 radical (unpaired) electrons. The Hall–Kier alpha value is -1.43. The normalized spacial score (nSPS) is 21.0. The van der Waals surface area contributed by atoms with Gasteiger partial charge in [-0.1, -0.05) is 11.6 Å². The number of hydrogen-bond acceptors (Lipinski definition) is 5. The topological polar surface area (TPSA) is 50.3 Å².